The summed E-state index contributed by atoms with van der Waals surface area (Å²) in [5.41, 5.74) is 1.33. The normalized spacial score (nSPS) is 24.6. The number of nitrogens with one attached hydrogen (secondary N) is 1. The Bertz CT molecular complexity index is 348. The second kappa shape index (κ2) is 6.31. The molecule has 17 heavy (non-hydrogen) atoms. The van der Waals surface area contributed by atoms with Gasteiger partial charge in [0, 0.05) is 0 Å². The highest BCUT2D eigenvalue weighted by Crippen LogP contribution is 2.32. The minimum absolute atomic E-state index is 0.427. The van der Waals surface area contributed by atoms with Crippen LogP contribution in [0.2, 0.25) is 0 Å². The van der Waals surface area contributed by atoms with Crippen molar-refractivity contribution in [3.63, 3.8) is 0 Å². The van der Waals surface area contributed by atoms with Crippen molar-refractivity contribution in [3.8, 4) is 5.75 Å². The Hall–Kier alpha value is -0.670. The number of ether oxygens (including phenoxy) is 1. The lowest BCUT2D eigenvalue weighted by atomic mass is 10.1. The molecule has 0 spiro atoms. The molecule has 0 aliphatic carbocycles. The highest BCUT2D eigenvalue weighted by Gasteiger charge is 2.19. The van der Waals surface area contributed by atoms with Gasteiger partial charge in [0.15, 0.2) is 0 Å². The minimum atomic E-state index is 0.427. The maximum Gasteiger partial charge on any atom is 0.119 e. The monoisotopic (exact) mass is 251 g/mol. The fraction of sp³-hybridized carbons (Fsp3) is 0.571. The van der Waals surface area contributed by atoms with E-state index in [2.05, 4.69) is 37.4 Å². The molecule has 0 aromatic heterocycles. The number of rotatable bonds is 4. The van der Waals surface area contributed by atoms with Gasteiger partial charge in [0.25, 0.3) is 0 Å². The van der Waals surface area contributed by atoms with E-state index < -0.39 is 0 Å². The van der Waals surface area contributed by atoms with Crippen LogP contribution in [0.5, 0.6) is 5.75 Å². The second-order valence-electron chi connectivity index (χ2n) is 4.65. The lowest BCUT2D eigenvalue weighted by Gasteiger charge is -2.27. The maximum atomic E-state index is 5.67. The summed E-state index contributed by atoms with van der Waals surface area (Å²) >= 11 is 1.99. The molecule has 2 unspecified atom stereocenters. The lowest BCUT2D eigenvalue weighted by molar-refractivity contribution is 0.317. The van der Waals surface area contributed by atoms with Gasteiger partial charge in [-0.25, -0.2) is 0 Å². The van der Waals surface area contributed by atoms with Gasteiger partial charge in [-0.1, -0.05) is 26.0 Å². The van der Waals surface area contributed by atoms with Gasteiger partial charge in [0.05, 0.1) is 12.0 Å². The van der Waals surface area contributed by atoms with Crippen molar-refractivity contribution in [3.05, 3.63) is 29.8 Å². The molecule has 1 aliphatic rings. The van der Waals surface area contributed by atoms with Crippen molar-refractivity contribution < 1.29 is 4.74 Å². The molecule has 2 nitrogen and oxygen atoms in total. The summed E-state index contributed by atoms with van der Waals surface area (Å²) in [6.45, 7) is 6.32. The number of thioether (sulfide) groups is 1. The fourth-order valence-electron chi connectivity index (χ4n) is 1.89. The molecule has 94 valence electrons. The van der Waals surface area contributed by atoms with Crippen LogP contribution < -0.4 is 10.1 Å². The van der Waals surface area contributed by atoms with E-state index in [1.54, 1.807) is 0 Å². The van der Waals surface area contributed by atoms with Crippen LogP contribution in [0.4, 0.5) is 0 Å². The van der Waals surface area contributed by atoms with E-state index in [-0.39, 0.29) is 0 Å². The molecular formula is C14H21NOS. The van der Waals surface area contributed by atoms with Crippen molar-refractivity contribution in [1.82, 2.24) is 5.32 Å². The SMILES string of the molecule is CCCOc1cccc(C2NCC(C)CS2)c1. The summed E-state index contributed by atoms with van der Waals surface area (Å²) in [6, 6.07) is 8.46. The standard InChI is InChI=1S/C14H21NOS/c1-3-7-16-13-6-4-5-12(8-13)14-15-9-11(2)10-17-14/h4-6,8,11,14-15H,3,7,9-10H2,1-2H3. The second-order valence-corrected chi connectivity index (χ2v) is 5.79. The topological polar surface area (TPSA) is 21.3 Å². The molecule has 1 aliphatic heterocycles. The average Bonchev–Trinajstić information content (AvgIpc) is 2.37. The van der Waals surface area contributed by atoms with E-state index in [9.17, 15) is 0 Å². The van der Waals surface area contributed by atoms with E-state index in [0.717, 1.165) is 31.2 Å². The van der Waals surface area contributed by atoms with Crippen LogP contribution in [0.15, 0.2) is 24.3 Å². The average molecular weight is 251 g/mol. The van der Waals surface area contributed by atoms with Gasteiger partial charge in [0.2, 0.25) is 0 Å². The van der Waals surface area contributed by atoms with E-state index in [0.29, 0.717) is 5.37 Å². The molecule has 0 bridgehead atoms. The molecule has 1 aromatic carbocycles. The van der Waals surface area contributed by atoms with Gasteiger partial charge in [-0.2, -0.15) is 0 Å². The number of benzene rings is 1. The van der Waals surface area contributed by atoms with Crippen molar-refractivity contribution in [2.75, 3.05) is 18.9 Å². The summed E-state index contributed by atoms with van der Waals surface area (Å²) in [5, 5.41) is 4.00. The molecule has 1 N–H and O–H groups in total. The fourth-order valence-corrected chi connectivity index (χ4v) is 3.08. The van der Waals surface area contributed by atoms with Crippen molar-refractivity contribution in [2.24, 2.45) is 5.92 Å². The summed E-state index contributed by atoms with van der Waals surface area (Å²) in [5.74, 6) is 3.00. The van der Waals surface area contributed by atoms with Gasteiger partial charge in [-0.15, -0.1) is 11.8 Å². The van der Waals surface area contributed by atoms with E-state index in [1.165, 1.54) is 11.3 Å². The van der Waals surface area contributed by atoms with Gasteiger partial charge in [0.1, 0.15) is 5.75 Å². The first-order chi connectivity index (χ1) is 8.29. The molecule has 3 heteroatoms. The molecule has 2 atom stereocenters. The van der Waals surface area contributed by atoms with Crippen LogP contribution >= 0.6 is 11.8 Å². The molecule has 1 heterocycles. The predicted molar refractivity (Wildman–Crippen MR) is 74.6 cm³/mol. The van der Waals surface area contributed by atoms with Gasteiger partial charge < -0.3 is 10.1 Å². The molecule has 2 rings (SSSR count). The third kappa shape index (κ3) is 3.65. The Labute approximate surface area is 108 Å². The highest BCUT2D eigenvalue weighted by atomic mass is 32.2. The van der Waals surface area contributed by atoms with Crippen LogP contribution in [0.25, 0.3) is 0 Å². The van der Waals surface area contributed by atoms with Crippen LogP contribution in [-0.2, 0) is 0 Å². The molecule has 0 radical (unpaired) electrons. The quantitative estimate of drug-likeness (QED) is 0.885. The van der Waals surface area contributed by atoms with Gasteiger partial charge in [-0.3, -0.25) is 0 Å². The van der Waals surface area contributed by atoms with E-state index in [4.69, 9.17) is 4.74 Å². The molecule has 0 saturated carbocycles. The molecule has 1 fully saturated rings. The first kappa shape index (κ1) is 12.8. The molecular weight excluding hydrogens is 230 g/mol. The Balaban J connectivity index is 2.00. The van der Waals surface area contributed by atoms with Crippen LogP contribution in [0.3, 0.4) is 0 Å². The first-order valence-electron chi connectivity index (χ1n) is 6.37. The summed E-state index contributed by atoms with van der Waals surface area (Å²) < 4.78 is 5.67. The zero-order valence-electron chi connectivity index (χ0n) is 10.6. The largest absolute Gasteiger partial charge is 0.494 e. The van der Waals surface area contributed by atoms with Crippen LogP contribution in [-0.4, -0.2) is 18.9 Å². The smallest absolute Gasteiger partial charge is 0.119 e. The third-order valence-corrected chi connectivity index (χ3v) is 4.37. The third-order valence-electron chi connectivity index (χ3n) is 2.83. The maximum absolute atomic E-state index is 5.67. The van der Waals surface area contributed by atoms with E-state index >= 15 is 0 Å². The Morgan fingerprint density at radius 1 is 1.47 bits per heavy atom. The molecule has 1 saturated heterocycles. The van der Waals surface area contributed by atoms with Crippen LogP contribution in [0.1, 0.15) is 31.2 Å². The lowest BCUT2D eigenvalue weighted by Crippen LogP contribution is -2.31. The summed E-state index contributed by atoms with van der Waals surface area (Å²) in [6.07, 6.45) is 1.05. The van der Waals surface area contributed by atoms with Crippen molar-refractivity contribution in [1.29, 1.82) is 0 Å². The first-order valence-corrected chi connectivity index (χ1v) is 7.42. The van der Waals surface area contributed by atoms with E-state index in [1.807, 2.05) is 17.8 Å². The molecule has 1 aromatic rings. The molecule has 0 amide bonds. The van der Waals surface area contributed by atoms with Gasteiger partial charge >= 0.3 is 0 Å². The minimum Gasteiger partial charge on any atom is -0.494 e. The Kier molecular flexibility index (Phi) is 4.75. The Morgan fingerprint density at radius 3 is 3.06 bits per heavy atom. The van der Waals surface area contributed by atoms with Crippen molar-refractivity contribution in [2.45, 2.75) is 25.6 Å². The number of hydrogen-bond donors (Lipinski definition) is 1. The highest BCUT2D eigenvalue weighted by molar-refractivity contribution is 7.99. The zero-order chi connectivity index (χ0) is 12.1. The predicted octanol–water partition coefficient (Wildman–Crippen LogP) is 3.45. The Morgan fingerprint density at radius 2 is 2.35 bits per heavy atom. The summed E-state index contributed by atoms with van der Waals surface area (Å²) in [4.78, 5) is 0. The van der Waals surface area contributed by atoms with Crippen LogP contribution in [0, 0.1) is 5.92 Å². The van der Waals surface area contributed by atoms with Gasteiger partial charge in [-0.05, 0) is 42.3 Å². The summed E-state index contributed by atoms with van der Waals surface area (Å²) in [7, 11) is 0. The van der Waals surface area contributed by atoms with Crippen molar-refractivity contribution >= 4 is 11.8 Å². The zero-order valence-corrected chi connectivity index (χ0v) is 11.4. The number of hydrogen-bond acceptors (Lipinski definition) is 3.